The zero-order chi connectivity index (χ0) is 21.9. The number of ether oxygens (including phenoxy) is 2. The number of nitrogens with one attached hydrogen (secondary N) is 1. The lowest BCUT2D eigenvalue weighted by Gasteiger charge is -2.42. The highest BCUT2D eigenvalue weighted by Gasteiger charge is 2.48. The predicted molar refractivity (Wildman–Crippen MR) is 110 cm³/mol. The molecular formula is C19H34N2O7Si. The van der Waals surface area contributed by atoms with Crippen LogP contribution in [0.15, 0.2) is 21.9 Å². The summed E-state index contributed by atoms with van der Waals surface area (Å²) in [7, 11) is -2.18. The lowest BCUT2D eigenvalue weighted by Crippen LogP contribution is -2.49. The number of aliphatic hydroxyl groups is 2. The number of rotatable bonds is 9. The molecule has 29 heavy (non-hydrogen) atoms. The van der Waals surface area contributed by atoms with Gasteiger partial charge in [0, 0.05) is 12.3 Å². The highest BCUT2D eigenvalue weighted by Crippen LogP contribution is 2.42. The quantitative estimate of drug-likeness (QED) is 0.399. The average Bonchev–Trinajstić information content (AvgIpc) is 2.93. The Morgan fingerprint density at radius 3 is 2.24 bits per heavy atom. The van der Waals surface area contributed by atoms with Gasteiger partial charge in [0.2, 0.25) is 8.32 Å². The van der Waals surface area contributed by atoms with Crippen molar-refractivity contribution in [2.24, 2.45) is 0 Å². The molecule has 1 aromatic rings. The maximum Gasteiger partial charge on any atom is 0.330 e. The largest absolute Gasteiger partial charge is 0.394 e. The first kappa shape index (κ1) is 24.0. The van der Waals surface area contributed by atoms with Gasteiger partial charge in [-0.05, 0) is 16.6 Å². The van der Waals surface area contributed by atoms with E-state index in [0.717, 1.165) is 4.57 Å². The van der Waals surface area contributed by atoms with E-state index in [0.29, 0.717) is 16.6 Å². The van der Waals surface area contributed by atoms with Crippen LogP contribution < -0.4 is 11.2 Å². The number of hydrogen-bond acceptors (Lipinski definition) is 7. The zero-order valence-electron chi connectivity index (χ0n) is 18.0. The van der Waals surface area contributed by atoms with Crippen LogP contribution in [0.25, 0.3) is 0 Å². The first-order chi connectivity index (χ1) is 13.6. The van der Waals surface area contributed by atoms with E-state index in [-0.39, 0.29) is 6.79 Å². The standard InChI is InChI=1S/C19H34N2O7Si/c1-11(2)29(12(3)4,13(5)6)27-10-26-17-16(24)14(9-22)28-18(17)21-8-7-15(23)20-19(21)25/h7-8,11-14,16-18,22,24H,9-10H2,1-6H3,(H,20,23,25)/t14-,16-,17-,18-/m1/s1. The summed E-state index contributed by atoms with van der Waals surface area (Å²) < 4.78 is 19.0. The van der Waals surface area contributed by atoms with Gasteiger partial charge in [0.25, 0.3) is 5.56 Å². The molecule has 166 valence electrons. The number of H-pyrrole nitrogens is 1. The number of aromatic amines is 1. The Kier molecular flexibility index (Phi) is 7.99. The molecule has 1 fully saturated rings. The maximum atomic E-state index is 12.2. The Hall–Kier alpha value is -1.30. The van der Waals surface area contributed by atoms with Crippen molar-refractivity contribution in [2.45, 2.75) is 82.7 Å². The van der Waals surface area contributed by atoms with Gasteiger partial charge in [-0.1, -0.05) is 41.5 Å². The molecule has 0 saturated carbocycles. The van der Waals surface area contributed by atoms with E-state index >= 15 is 0 Å². The lowest BCUT2D eigenvalue weighted by atomic mass is 10.1. The van der Waals surface area contributed by atoms with Crippen molar-refractivity contribution in [3.8, 4) is 0 Å². The summed E-state index contributed by atoms with van der Waals surface area (Å²) in [4.78, 5) is 25.7. The fourth-order valence-corrected chi connectivity index (χ4v) is 9.89. The van der Waals surface area contributed by atoms with Crippen molar-refractivity contribution in [1.29, 1.82) is 0 Å². The van der Waals surface area contributed by atoms with Crippen LogP contribution in [0.5, 0.6) is 0 Å². The van der Waals surface area contributed by atoms with Gasteiger partial charge in [0.05, 0.1) is 6.61 Å². The monoisotopic (exact) mass is 430 g/mol. The van der Waals surface area contributed by atoms with Gasteiger partial charge in [-0.2, -0.15) is 0 Å². The number of aliphatic hydroxyl groups excluding tert-OH is 2. The number of nitrogens with zero attached hydrogens (tertiary/aromatic N) is 1. The van der Waals surface area contributed by atoms with Gasteiger partial charge in [0.1, 0.15) is 25.1 Å². The molecule has 0 bridgehead atoms. The molecular weight excluding hydrogens is 396 g/mol. The van der Waals surface area contributed by atoms with Crippen LogP contribution in [0, 0.1) is 0 Å². The molecule has 0 aromatic carbocycles. The molecule has 1 aliphatic heterocycles. The van der Waals surface area contributed by atoms with E-state index in [9.17, 15) is 19.8 Å². The van der Waals surface area contributed by atoms with Crippen LogP contribution in [0.1, 0.15) is 47.8 Å². The summed E-state index contributed by atoms with van der Waals surface area (Å²) in [6.07, 6.45) is -2.71. The summed E-state index contributed by atoms with van der Waals surface area (Å²) >= 11 is 0. The Bertz CT molecular complexity index is 755. The van der Waals surface area contributed by atoms with Crippen LogP contribution in [-0.2, 0) is 13.9 Å². The molecule has 3 N–H and O–H groups in total. The van der Waals surface area contributed by atoms with Gasteiger partial charge in [-0.25, -0.2) is 4.79 Å². The smallest absolute Gasteiger partial charge is 0.330 e. The van der Waals surface area contributed by atoms with Gasteiger partial charge < -0.3 is 24.1 Å². The highest BCUT2D eigenvalue weighted by molar-refractivity contribution is 6.77. The number of aromatic nitrogens is 2. The Labute approximate surface area is 171 Å². The van der Waals surface area contributed by atoms with Gasteiger partial charge in [-0.15, -0.1) is 0 Å². The SMILES string of the molecule is CC(C)[Si](OCO[C@@H]1[C@H](O)[C@@H](CO)O[C@H]1n1ccc(=O)[nH]c1=O)(C(C)C)C(C)C. The van der Waals surface area contributed by atoms with E-state index in [2.05, 4.69) is 46.5 Å². The van der Waals surface area contributed by atoms with Crippen molar-refractivity contribution >= 4 is 8.32 Å². The van der Waals surface area contributed by atoms with E-state index in [1.807, 2.05) is 0 Å². The van der Waals surface area contributed by atoms with Crippen molar-refractivity contribution < 1.29 is 24.1 Å². The predicted octanol–water partition coefficient (Wildman–Crippen LogP) is 1.32. The molecule has 10 heteroatoms. The molecule has 0 radical (unpaired) electrons. The topological polar surface area (TPSA) is 123 Å². The molecule has 1 saturated heterocycles. The van der Waals surface area contributed by atoms with Crippen molar-refractivity contribution in [2.75, 3.05) is 13.4 Å². The molecule has 0 amide bonds. The lowest BCUT2D eigenvalue weighted by molar-refractivity contribution is -0.115. The molecule has 2 heterocycles. The van der Waals surface area contributed by atoms with E-state index in [1.165, 1.54) is 12.3 Å². The van der Waals surface area contributed by atoms with Gasteiger partial charge in [-0.3, -0.25) is 14.3 Å². The molecule has 1 aliphatic rings. The Balaban J connectivity index is 2.23. The number of hydrogen-bond donors (Lipinski definition) is 3. The minimum Gasteiger partial charge on any atom is -0.394 e. The average molecular weight is 431 g/mol. The summed E-state index contributed by atoms with van der Waals surface area (Å²) in [5, 5.41) is 20.0. The second kappa shape index (κ2) is 9.67. The second-order valence-electron chi connectivity index (χ2n) is 8.47. The maximum absolute atomic E-state index is 12.2. The fourth-order valence-electron chi connectivity index (χ4n) is 4.62. The summed E-state index contributed by atoms with van der Waals surface area (Å²) in [6.45, 7) is 12.5. The molecule has 0 unspecified atom stereocenters. The molecule has 0 aliphatic carbocycles. The summed E-state index contributed by atoms with van der Waals surface area (Å²) in [5.41, 5.74) is -0.139. The molecule has 0 spiro atoms. The van der Waals surface area contributed by atoms with Crippen LogP contribution in [-0.4, -0.2) is 59.8 Å². The fraction of sp³-hybridized carbons (Fsp3) is 0.789. The second-order valence-corrected chi connectivity index (χ2v) is 13.9. The van der Waals surface area contributed by atoms with Gasteiger partial charge >= 0.3 is 5.69 Å². The summed E-state index contributed by atoms with van der Waals surface area (Å²) in [6, 6.07) is 1.19. The third kappa shape index (κ3) is 4.73. The third-order valence-corrected chi connectivity index (χ3v) is 11.9. The van der Waals surface area contributed by atoms with E-state index in [1.54, 1.807) is 0 Å². The van der Waals surface area contributed by atoms with Crippen molar-refractivity contribution in [3.63, 3.8) is 0 Å². The van der Waals surface area contributed by atoms with Crippen LogP contribution in [0.4, 0.5) is 0 Å². The molecule has 1 aromatic heterocycles. The van der Waals surface area contributed by atoms with Crippen LogP contribution in [0.3, 0.4) is 0 Å². The van der Waals surface area contributed by atoms with E-state index in [4.69, 9.17) is 13.9 Å². The Morgan fingerprint density at radius 1 is 1.17 bits per heavy atom. The first-order valence-corrected chi connectivity index (χ1v) is 12.2. The molecule has 2 rings (SSSR count). The Morgan fingerprint density at radius 2 is 1.76 bits per heavy atom. The minimum absolute atomic E-state index is 0.0569. The van der Waals surface area contributed by atoms with Crippen LogP contribution >= 0.6 is 0 Å². The molecule has 4 atom stereocenters. The van der Waals surface area contributed by atoms with Crippen molar-refractivity contribution in [3.05, 3.63) is 33.1 Å². The third-order valence-electron chi connectivity index (χ3n) is 5.89. The van der Waals surface area contributed by atoms with Crippen molar-refractivity contribution in [1.82, 2.24) is 9.55 Å². The molecule has 9 nitrogen and oxygen atoms in total. The first-order valence-electron chi connectivity index (χ1n) is 10.1. The minimum atomic E-state index is -2.18. The zero-order valence-corrected chi connectivity index (χ0v) is 19.0. The summed E-state index contributed by atoms with van der Waals surface area (Å²) in [5.74, 6) is 0. The van der Waals surface area contributed by atoms with E-state index < -0.39 is 50.7 Å². The highest BCUT2D eigenvalue weighted by atomic mass is 28.4. The van der Waals surface area contributed by atoms with Gasteiger partial charge in [0.15, 0.2) is 6.23 Å². The normalized spacial score (nSPS) is 25.5. The van der Waals surface area contributed by atoms with Crippen LogP contribution in [0.2, 0.25) is 16.6 Å².